The molecule has 0 bridgehead atoms. The summed E-state index contributed by atoms with van der Waals surface area (Å²) in [4.78, 5) is 26.3. The summed E-state index contributed by atoms with van der Waals surface area (Å²) in [5.41, 5.74) is 0.513. The highest BCUT2D eigenvalue weighted by atomic mass is 16.5. The molecule has 23 heavy (non-hydrogen) atoms. The zero-order valence-electron chi connectivity index (χ0n) is 12.1. The van der Waals surface area contributed by atoms with Crippen molar-refractivity contribution in [1.29, 1.82) is 5.26 Å². The van der Waals surface area contributed by atoms with E-state index in [1.165, 1.54) is 36.6 Å². The van der Waals surface area contributed by atoms with Crippen molar-refractivity contribution in [2.45, 2.75) is 6.92 Å². The van der Waals surface area contributed by atoms with Crippen molar-refractivity contribution in [2.24, 2.45) is 0 Å². The summed E-state index contributed by atoms with van der Waals surface area (Å²) in [6.07, 6.45) is 4.18. The van der Waals surface area contributed by atoms with Crippen molar-refractivity contribution < 1.29 is 23.8 Å². The summed E-state index contributed by atoms with van der Waals surface area (Å²) in [5, 5.41) is 18.0. The van der Waals surface area contributed by atoms with Crippen LogP contribution in [0.3, 0.4) is 0 Å². The minimum atomic E-state index is -1.19. The van der Waals surface area contributed by atoms with E-state index in [2.05, 4.69) is 4.98 Å². The molecule has 0 unspecified atom stereocenters. The van der Waals surface area contributed by atoms with Gasteiger partial charge in [0.25, 0.3) is 0 Å². The number of carboxylic acid groups (broad SMARTS) is 1. The molecule has 0 amide bonds. The first-order valence-electron chi connectivity index (χ1n) is 6.63. The molecule has 0 radical (unpaired) electrons. The third-order valence-corrected chi connectivity index (χ3v) is 2.80. The lowest BCUT2D eigenvalue weighted by Gasteiger charge is -1.99. The Hall–Kier alpha value is -3.40. The van der Waals surface area contributed by atoms with E-state index in [0.717, 1.165) is 0 Å². The fourth-order valence-electron chi connectivity index (χ4n) is 1.74. The number of nitriles is 1. The molecule has 0 saturated carbocycles. The minimum absolute atomic E-state index is 0.171. The van der Waals surface area contributed by atoms with E-state index in [4.69, 9.17) is 19.5 Å². The number of carbonyl (C=O) groups is 2. The molecule has 2 aromatic heterocycles. The third-order valence-electron chi connectivity index (χ3n) is 2.80. The number of aromatic carboxylic acids is 1. The number of carboxylic acids is 1. The van der Waals surface area contributed by atoms with Crippen LogP contribution in [0.15, 0.2) is 28.9 Å². The molecule has 7 heteroatoms. The van der Waals surface area contributed by atoms with Crippen molar-refractivity contribution in [3.05, 3.63) is 52.7 Å². The molecule has 0 atom stereocenters. The minimum Gasteiger partial charge on any atom is -0.477 e. The Morgan fingerprint density at radius 2 is 2.22 bits per heavy atom. The number of ether oxygens (including phenoxy) is 1. The van der Waals surface area contributed by atoms with Crippen LogP contribution < -0.4 is 0 Å². The molecule has 2 aromatic rings. The molecule has 2 rings (SSSR count). The van der Waals surface area contributed by atoms with Crippen LogP contribution in [0.2, 0.25) is 0 Å². The van der Waals surface area contributed by atoms with Gasteiger partial charge in [-0.05, 0) is 37.3 Å². The molecule has 0 saturated heterocycles. The zero-order chi connectivity index (χ0) is 16.8. The van der Waals surface area contributed by atoms with Crippen molar-refractivity contribution in [1.82, 2.24) is 4.98 Å². The van der Waals surface area contributed by atoms with Crippen LogP contribution in [-0.2, 0) is 4.74 Å². The van der Waals surface area contributed by atoms with E-state index in [9.17, 15) is 9.59 Å². The quantitative estimate of drug-likeness (QED) is 0.844. The van der Waals surface area contributed by atoms with Crippen LogP contribution in [0.25, 0.3) is 12.2 Å². The number of pyridine rings is 1. The van der Waals surface area contributed by atoms with Crippen LogP contribution >= 0.6 is 0 Å². The SMILES string of the molecule is CCOC(=O)c1coc(C=Cc2nc(C(=O)O)ccc2C#N)c1. The molecule has 0 aliphatic heterocycles. The predicted molar refractivity (Wildman–Crippen MR) is 79.5 cm³/mol. The van der Waals surface area contributed by atoms with Gasteiger partial charge in [0.1, 0.15) is 23.8 Å². The van der Waals surface area contributed by atoms with Crippen LogP contribution in [0, 0.1) is 11.3 Å². The maximum Gasteiger partial charge on any atom is 0.354 e. The van der Waals surface area contributed by atoms with Gasteiger partial charge < -0.3 is 14.3 Å². The largest absolute Gasteiger partial charge is 0.477 e. The average molecular weight is 312 g/mol. The third kappa shape index (κ3) is 3.83. The second-order valence-corrected chi connectivity index (χ2v) is 4.34. The second-order valence-electron chi connectivity index (χ2n) is 4.34. The van der Waals surface area contributed by atoms with Gasteiger partial charge in [-0.1, -0.05) is 0 Å². The maximum absolute atomic E-state index is 11.5. The molecule has 0 aliphatic carbocycles. The van der Waals surface area contributed by atoms with Gasteiger partial charge in [-0.3, -0.25) is 0 Å². The summed E-state index contributed by atoms with van der Waals surface area (Å²) >= 11 is 0. The van der Waals surface area contributed by atoms with Crippen molar-refractivity contribution in [3.8, 4) is 6.07 Å². The molecule has 0 spiro atoms. The molecular weight excluding hydrogens is 300 g/mol. The van der Waals surface area contributed by atoms with E-state index >= 15 is 0 Å². The lowest BCUT2D eigenvalue weighted by Crippen LogP contribution is -2.02. The highest BCUT2D eigenvalue weighted by molar-refractivity contribution is 5.90. The molecule has 1 N–H and O–H groups in total. The molecule has 0 fully saturated rings. The van der Waals surface area contributed by atoms with Crippen LogP contribution in [-0.4, -0.2) is 28.6 Å². The van der Waals surface area contributed by atoms with Gasteiger partial charge >= 0.3 is 11.9 Å². The first kappa shape index (κ1) is 16.0. The Kier molecular flexibility index (Phi) is 4.89. The van der Waals surface area contributed by atoms with E-state index in [1.807, 2.05) is 6.07 Å². The monoisotopic (exact) mass is 312 g/mol. The zero-order valence-corrected chi connectivity index (χ0v) is 12.1. The van der Waals surface area contributed by atoms with E-state index in [0.29, 0.717) is 5.76 Å². The van der Waals surface area contributed by atoms with E-state index < -0.39 is 11.9 Å². The first-order chi connectivity index (χ1) is 11.0. The Balaban J connectivity index is 2.26. The number of hydrogen-bond acceptors (Lipinski definition) is 6. The fraction of sp³-hybridized carbons (Fsp3) is 0.125. The Morgan fingerprint density at radius 1 is 1.43 bits per heavy atom. The van der Waals surface area contributed by atoms with Gasteiger partial charge in [0.2, 0.25) is 0 Å². The Labute approximate surface area is 131 Å². The van der Waals surface area contributed by atoms with Gasteiger partial charge in [-0.2, -0.15) is 5.26 Å². The van der Waals surface area contributed by atoms with Crippen molar-refractivity contribution >= 4 is 24.1 Å². The van der Waals surface area contributed by atoms with Gasteiger partial charge in [-0.15, -0.1) is 0 Å². The number of nitrogens with zero attached hydrogens (tertiary/aromatic N) is 2. The van der Waals surface area contributed by atoms with Crippen LogP contribution in [0.1, 0.15) is 44.8 Å². The van der Waals surface area contributed by atoms with Gasteiger partial charge in [0.05, 0.1) is 23.4 Å². The summed E-state index contributed by atoms with van der Waals surface area (Å²) in [7, 11) is 0. The summed E-state index contributed by atoms with van der Waals surface area (Å²) in [5.74, 6) is -1.34. The summed E-state index contributed by atoms with van der Waals surface area (Å²) in [6.45, 7) is 1.95. The van der Waals surface area contributed by atoms with Crippen LogP contribution in [0.5, 0.6) is 0 Å². The van der Waals surface area contributed by atoms with Crippen LogP contribution in [0.4, 0.5) is 0 Å². The first-order valence-corrected chi connectivity index (χ1v) is 6.63. The van der Waals surface area contributed by atoms with Gasteiger partial charge in [0, 0.05) is 0 Å². The molecular formula is C16H12N2O5. The van der Waals surface area contributed by atoms with Crippen molar-refractivity contribution in [2.75, 3.05) is 6.61 Å². The second kappa shape index (κ2) is 7.04. The number of hydrogen-bond donors (Lipinski definition) is 1. The highest BCUT2D eigenvalue weighted by Crippen LogP contribution is 2.15. The topological polar surface area (TPSA) is 113 Å². The number of furan rings is 1. The molecule has 0 aliphatic rings. The molecule has 2 heterocycles. The van der Waals surface area contributed by atoms with E-state index in [-0.39, 0.29) is 29.1 Å². The number of esters is 1. The molecule has 116 valence electrons. The smallest absolute Gasteiger partial charge is 0.354 e. The van der Waals surface area contributed by atoms with E-state index in [1.54, 1.807) is 6.92 Å². The Morgan fingerprint density at radius 3 is 2.87 bits per heavy atom. The van der Waals surface area contributed by atoms with Gasteiger partial charge in [0.15, 0.2) is 0 Å². The van der Waals surface area contributed by atoms with Crippen molar-refractivity contribution in [3.63, 3.8) is 0 Å². The lowest BCUT2D eigenvalue weighted by atomic mass is 10.1. The molecule has 7 nitrogen and oxygen atoms in total. The fourth-order valence-corrected chi connectivity index (χ4v) is 1.74. The lowest BCUT2D eigenvalue weighted by molar-refractivity contribution is 0.0525. The Bertz CT molecular complexity index is 814. The van der Waals surface area contributed by atoms with Gasteiger partial charge in [-0.25, -0.2) is 14.6 Å². The standard InChI is InChI=1S/C16H12N2O5/c1-2-22-16(21)11-7-12(23-9-11)4-6-13-10(8-17)3-5-14(18-13)15(19)20/h3-7,9H,2H2,1H3,(H,19,20). The normalized spacial score (nSPS) is 10.4. The summed E-state index contributed by atoms with van der Waals surface area (Å²) in [6, 6.07) is 6.03. The predicted octanol–water partition coefficient (Wildman–Crippen LogP) is 2.59. The number of rotatable bonds is 5. The maximum atomic E-state index is 11.5. The summed E-state index contributed by atoms with van der Waals surface area (Å²) < 4.78 is 10.0. The highest BCUT2D eigenvalue weighted by Gasteiger charge is 2.11. The average Bonchev–Trinajstić information content (AvgIpc) is 3.01. The number of aromatic nitrogens is 1. The molecule has 0 aromatic carbocycles. The number of carbonyl (C=O) groups excluding carboxylic acids is 1.